The Labute approximate surface area is 119 Å². The number of hydrogen-bond acceptors (Lipinski definition) is 3. The fourth-order valence-corrected chi connectivity index (χ4v) is 3.05. The Kier molecular flexibility index (Phi) is 3.26. The molecule has 1 aromatic carbocycles. The van der Waals surface area contributed by atoms with E-state index < -0.39 is 0 Å². The molecule has 0 spiro atoms. The number of hydrogen-bond donors (Lipinski definition) is 1. The van der Waals surface area contributed by atoms with Gasteiger partial charge in [0.2, 0.25) is 0 Å². The van der Waals surface area contributed by atoms with E-state index in [4.69, 9.17) is 10.5 Å². The van der Waals surface area contributed by atoms with Crippen LogP contribution in [-0.4, -0.2) is 16.4 Å². The number of para-hydroxylation sites is 1. The number of benzene rings is 1. The first-order valence-corrected chi connectivity index (χ1v) is 7.10. The van der Waals surface area contributed by atoms with Crippen LogP contribution in [0.25, 0.3) is 0 Å². The molecule has 0 aliphatic carbocycles. The number of ether oxygens (including phenoxy) is 1. The van der Waals surface area contributed by atoms with Crippen molar-refractivity contribution >= 4 is 0 Å². The maximum Gasteiger partial charge on any atom is 0.127 e. The van der Waals surface area contributed by atoms with E-state index in [1.165, 1.54) is 5.56 Å². The van der Waals surface area contributed by atoms with Gasteiger partial charge in [0.05, 0.1) is 18.3 Å². The third kappa shape index (κ3) is 2.00. The third-order valence-electron chi connectivity index (χ3n) is 4.17. The second-order valence-electron chi connectivity index (χ2n) is 5.47. The van der Waals surface area contributed by atoms with Gasteiger partial charge in [-0.1, -0.05) is 18.2 Å². The van der Waals surface area contributed by atoms with Crippen molar-refractivity contribution in [2.24, 2.45) is 12.8 Å². The van der Waals surface area contributed by atoms with Crippen LogP contribution in [0.1, 0.15) is 40.5 Å². The summed E-state index contributed by atoms with van der Waals surface area (Å²) in [4.78, 5) is 0. The van der Waals surface area contributed by atoms with Gasteiger partial charge < -0.3 is 10.5 Å². The number of rotatable bonds is 2. The van der Waals surface area contributed by atoms with Crippen LogP contribution in [0.2, 0.25) is 0 Å². The quantitative estimate of drug-likeness (QED) is 0.912. The maximum absolute atomic E-state index is 6.52. The van der Waals surface area contributed by atoms with E-state index in [2.05, 4.69) is 30.2 Å². The lowest BCUT2D eigenvalue weighted by Gasteiger charge is -2.23. The van der Waals surface area contributed by atoms with Crippen molar-refractivity contribution in [3.63, 3.8) is 0 Å². The van der Waals surface area contributed by atoms with Gasteiger partial charge in [0.1, 0.15) is 5.75 Å². The topological polar surface area (TPSA) is 53.1 Å². The van der Waals surface area contributed by atoms with Crippen molar-refractivity contribution in [3.8, 4) is 5.75 Å². The molecule has 0 saturated heterocycles. The first-order chi connectivity index (χ1) is 9.59. The van der Waals surface area contributed by atoms with Gasteiger partial charge in [-0.25, -0.2) is 0 Å². The SMILES string of the molecule is Cc1nn(C)c(C)c1C(N)c1cccc2c1OCCC2. The van der Waals surface area contributed by atoms with Gasteiger partial charge >= 0.3 is 0 Å². The molecular weight excluding hydrogens is 250 g/mol. The summed E-state index contributed by atoms with van der Waals surface area (Å²) >= 11 is 0. The van der Waals surface area contributed by atoms with E-state index in [-0.39, 0.29) is 6.04 Å². The Morgan fingerprint density at radius 2 is 2.15 bits per heavy atom. The van der Waals surface area contributed by atoms with Gasteiger partial charge in [0.15, 0.2) is 0 Å². The fourth-order valence-electron chi connectivity index (χ4n) is 3.05. The number of nitrogens with two attached hydrogens (primary N) is 1. The van der Waals surface area contributed by atoms with Gasteiger partial charge in [-0.2, -0.15) is 5.10 Å². The lowest BCUT2D eigenvalue weighted by Crippen LogP contribution is -2.18. The Morgan fingerprint density at radius 1 is 1.35 bits per heavy atom. The molecule has 2 aromatic rings. The van der Waals surface area contributed by atoms with Crippen LogP contribution >= 0.6 is 0 Å². The molecule has 0 radical (unpaired) electrons. The van der Waals surface area contributed by atoms with Gasteiger partial charge in [-0.3, -0.25) is 4.68 Å². The molecule has 1 aliphatic rings. The molecule has 3 rings (SSSR count). The first kappa shape index (κ1) is 13.2. The summed E-state index contributed by atoms with van der Waals surface area (Å²) in [7, 11) is 1.95. The van der Waals surface area contributed by atoms with Gasteiger partial charge in [-0.15, -0.1) is 0 Å². The molecule has 1 unspecified atom stereocenters. The van der Waals surface area contributed by atoms with E-state index in [9.17, 15) is 0 Å². The van der Waals surface area contributed by atoms with Crippen molar-refractivity contribution in [1.82, 2.24) is 9.78 Å². The zero-order chi connectivity index (χ0) is 14.3. The zero-order valence-corrected chi connectivity index (χ0v) is 12.3. The second-order valence-corrected chi connectivity index (χ2v) is 5.47. The van der Waals surface area contributed by atoms with Crippen LogP contribution < -0.4 is 10.5 Å². The summed E-state index contributed by atoms with van der Waals surface area (Å²) < 4.78 is 7.77. The average molecular weight is 271 g/mol. The summed E-state index contributed by atoms with van der Waals surface area (Å²) in [6, 6.07) is 6.09. The summed E-state index contributed by atoms with van der Waals surface area (Å²) in [6.07, 6.45) is 2.15. The zero-order valence-electron chi connectivity index (χ0n) is 12.3. The Hall–Kier alpha value is -1.81. The number of aryl methyl sites for hydroxylation is 3. The molecule has 4 heteroatoms. The number of nitrogens with zero attached hydrogens (tertiary/aromatic N) is 2. The molecule has 0 saturated carbocycles. The molecule has 1 atom stereocenters. The molecule has 0 fully saturated rings. The van der Waals surface area contributed by atoms with Gasteiger partial charge in [0.25, 0.3) is 0 Å². The van der Waals surface area contributed by atoms with Crippen LogP contribution in [0.3, 0.4) is 0 Å². The molecule has 2 heterocycles. The van der Waals surface area contributed by atoms with Crippen molar-refractivity contribution < 1.29 is 4.74 Å². The van der Waals surface area contributed by atoms with Gasteiger partial charge in [0, 0.05) is 23.9 Å². The molecule has 1 aromatic heterocycles. The van der Waals surface area contributed by atoms with Crippen molar-refractivity contribution in [2.75, 3.05) is 6.61 Å². The predicted octanol–water partition coefficient (Wildman–Crippen LogP) is 2.41. The minimum absolute atomic E-state index is 0.184. The van der Waals surface area contributed by atoms with Crippen molar-refractivity contribution in [2.45, 2.75) is 32.7 Å². The minimum Gasteiger partial charge on any atom is -0.493 e. The highest BCUT2D eigenvalue weighted by Crippen LogP contribution is 2.36. The number of fused-ring (bicyclic) bond motifs is 1. The average Bonchev–Trinajstić information content (AvgIpc) is 2.71. The molecule has 106 valence electrons. The highest BCUT2D eigenvalue weighted by Gasteiger charge is 2.24. The fraction of sp³-hybridized carbons (Fsp3) is 0.438. The Morgan fingerprint density at radius 3 is 2.85 bits per heavy atom. The van der Waals surface area contributed by atoms with Crippen LogP contribution in [0.5, 0.6) is 5.75 Å². The van der Waals surface area contributed by atoms with Crippen molar-refractivity contribution in [3.05, 3.63) is 46.3 Å². The Balaban J connectivity index is 2.09. The molecule has 20 heavy (non-hydrogen) atoms. The molecular formula is C16H21N3O. The van der Waals surface area contributed by atoms with E-state index in [1.54, 1.807) is 0 Å². The van der Waals surface area contributed by atoms with Gasteiger partial charge in [-0.05, 0) is 32.3 Å². The molecule has 4 nitrogen and oxygen atoms in total. The summed E-state index contributed by atoms with van der Waals surface area (Å²) in [6.45, 7) is 4.85. The molecule has 0 bridgehead atoms. The van der Waals surface area contributed by atoms with Crippen molar-refractivity contribution in [1.29, 1.82) is 0 Å². The minimum atomic E-state index is -0.184. The predicted molar refractivity (Wildman–Crippen MR) is 79.0 cm³/mol. The highest BCUT2D eigenvalue weighted by atomic mass is 16.5. The van der Waals surface area contributed by atoms with E-state index in [1.807, 2.05) is 18.7 Å². The summed E-state index contributed by atoms with van der Waals surface area (Å²) in [5, 5.41) is 4.47. The third-order valence-corrected chi connectivity index (χ3v) is 4.17. The summed E-state index contributed by atoms with van der Waals surface area (Å²) in [5.74, 6) is 0.980. The molecule has 0 amide bonds. The highest BCUT2D eigenvalue weighted by molar-refractivity contribution is 5.49. The van der Waals surface area contributed by atoms with E-state index in [0.717, 1.165) is 47.7 Å². The van der Waals surface area contributed by atoms with Crippen LogP contribution in [-0.2, 0) is 13.5 Å². The lowest BCUT2D eigenvalue weighted by atomic mass is 9.93. The maximum atomic E-state index is 6.52. The number of aromatic nitrogens is 2. The standard InChI is InChI=1S/C16H21N3O/c1-10-14(11(2)19(3)18-10)15(17)13-8-4-6-12-7-5-9-20-16(12)13/h4,6,8,15H,5,7,9,17H2,1-3H3. The largest absolute Gasteiger partial charge is 0.493 e. The lowest BCUT2D eigenvalue weighted by molar-refractivity contribution is 0.284. The molecule has 2 N–H and O–H groups in total. The smallest absolute Gasteiger partial charge is 0.127 e. The Bertz CT molecular complexity index is 645. The van der Waals surface area contributed by atoms with E-state index in [0.29, 0.717) is 0 Å². The first-order valence-electron chi connectivity index (χ1n) is 7.10. The normalized spacial score (nSPS) is 15.6. The molecule has 1 aliphatic heterocycles. The van der Waals surface area contributed by atoms with Crippen LogP contribution in [0, 0.1) is 13.8 Å². The monoisotopic (exact) mass is 271 g/mol. The van der Waals surface area contributed by atoms with Crippen LogP contribution in [0.4, 0.5) is 0 Å². The van der Waals surface area contributed by atoms with Crippen LogP contribution in [0.15, 0.2) is 18.2 Å². The van der Waals surface area contributed by atoms with E-state index >= 15 is 0 Å². The second kappa shape index (κ2) is 4.94. The summed E-state index contributed by atoms with van der Waals surface area (Å²) in [5.41, 5.74) is 12.1.